The highest BCUT2D eigenvalue weighted by Crippen LogP contribution is 2.02. The fourth-order valence-electron chi connectivity index (χ4n) is 1.33. The molecule has 76 valence electrons. The van der Waals surface area contributed by atoms with Crippen LogP contribution in [-0.4, -0.2) is 21.2 Å². The molecular weight excluding hydrogens is 194 g/mol. The highest BCUT2D eigenvalue weighted by molar-refractivity contribution is 5.72. The molecule has 15 heavy (non-hydrogen) atoms. The van der Waals surface area contributed by atoms with Crippen molar-refractivity contribution in [3.05, 3.63) is 34.5 Å². The van der Waals surface area contributed by atoms with E-state index in [1.165, 1.54) is 0 Å². The van der Waals surface area contributed by atoms with Gasteiger partial charge in [0.05, 0.1) is 5.39 Å². The number of carbonyl (C=O) groups excluding carboxylic acids is 1. The molecule has 0 amide bonds. The van der Waals surface area contributed by atoms with E-state index in [0.29, 0.717) is 29.7 Å². The van der Waals surface area contributed by atoms with E-state index in [4.69, 9.17) is 0 Å². The summed E-state index contributed by atoms with van der Waals surface area (Å²) in [5, 5.41) is 0.465. The van der Waals surface area contributed by atoms with E-state index >= 15 is 0 Å². The predicted octanol–water partition coefficient (Wildman–Crippen LogP) is 0.450. The Hall–Kier alpha value is -2.04. The zero-order valence-electron chi connectivity index (χ0n) is 7.93. The average Bonchev–Trinajstić information content (AvgIpc) is 2.26. The summed E-state index contributed by atoms with van der Waals surface area (Å²) >= 11 is 0. The van der Waals surface area contributed by atoms with Crippen molar-refractivity contribution in [1.29, 1.82) is 0 Å². The molecule has 0 aliphatic carbocycles. The van der Waals surface area contributed by atoms with Gasteiger partial charge in [0.1, 0.15) is 12.1 Å². The van der Waals surface area contributed by atoms with Crippen molar-refractivity contribution < 1.29 is 4.79 Å². The second kappa shape index (κ2) is 4.00. The number of hydrogen-bond acceptors (Lipinski definition) is 4. The summed E-state index contributed by atoms with van der Waals surface area (Å²) in [6.07, 6.45) is 3.16. The number of aryl methyl sites for hydroxylation is 1. The quantitative estimate of drug-likeness (QED) is 0.735. The number of nitrogens with one attached hydrogen (secondary N) is 1. The molecule has 0 aliphatic rings. The predicted molar refractivity (Wildman–Crippen MR) is 54.5 cm³/mol. The Kier molecular flexibility index (Phi) is 2.53. The molecule has 1 N–H and O–H groups in total. The first-order chi connectivity index (χ1) is 7.31. The molecule has 0 fully saturated rings. The van der Waals surface area contributed by atoms with Crippen molar-refractivity contribution in [2.24, 2.45) is 0 Å². The molecule has 0 unspecified atom stereocenters. The molecule has 0 saturated carbocycles. The Labute approximate surface area is 85.2 Å². The number of aromatic amines is 1. The van der Waals surface area contributed by atoms with Crippen molar-refractivity contribution in [3.8, 4) is 0 Å². The summed E-state index contributed by atoms with van der Waals surface area (Å²) in [5.74, 6) is 0.498. The van der Waals surface area contributed by atoms with Crippen LogP contribution in [0.25, 0.3) is 11.0 Å². The van der Waals surface area contributed by atoms with Crippen LogP contribution in [-0.2, 0) is 11.2 Å². The number of H-pyrrole nitrogens is 1. The number of fused-ring (bicyclic) bond motifs is 1. The molecular formula is C10H9N3O2. The van der Waals surface area contributed by atoms with E-state index < -0.39 is 0 Å². The van der Waals surface area contributed by atoms with Crippen molar-refractivity contribution >= 4 is 17.3 Å². The molecule has 0 aliphatic heterocycles. The molecule has 2 heterocycles. The lowest BCUT2D eigenvalue weighted by Gasteiger charge is -1.99. The van der Waals surface area contributed by atoms with Gasteiger partial charge in [-0.05, 0) is 12.1 Å². The lowest BCUT2D eigenvalue weighted by atomic mass is 10.3. The summed E-state index contributed by atoms with van der Waals surface area (Å²) < 4.78 is 0. The van der Waals surface area contributed by atoms with Crippen molar-refractivity contribution in [1.82, 2.24) is 15.0 Å². The molecule has 5 heteroatoms. The molecule has 0 aromatic carbocycles. The van der Waals surface area contributed by atoms with Gasteiger partial charge in [-0.2, -0.15) is 0 Å². The first-order valence-corrected chi connectivity index (χ1v) is 4.59. The molecule has 5 nitrogen and oxygen atoms in total. The van der Waals surface area contributed by atoms with Gasteiger partial charge < -0.3 is 9.78 Å². The highest BCUT2D eigenvalue weighted by atomic mass is 16.1. The van der Waals surface area contributed by atoms with Crippen LogP contribution in [0.5, 0.6) is 0 Å². The fourth-order valence-corrected chi connectivity index (χ4v) is 1.33. The molecule has 0 radical (unpaired) electrons. The Bertz CT molecular complexity index is 548. The van der Waals surface area contributed by atoms with Crippen LogP contribution in [0.3, 0.4) is 0 Å². The standard InChI is InChI=1S/C10H9N3O2/c14-6-2-4-8-12-9-7(10(15)13-8)3-1-5-11-9/h1,3,5-6H,2,4H2,(H,11,12,13,15). The van der Waals surface area contributed by atoms with Crippen LogP contribution in [0.4, 0.5) is 0 Å². The van der Waals surface area contributed by atoms with Crippen molar-refractivity contribution in [2.75, 3.05) is 0 Å². The van der Waals surface area contributed by atoms with Gasteiger partial charge in [0.2, 0.25) is 0 Å². The lowest BCUT2D eigenvalue weighted by molar-refractivity contribution is -0.107. The zero-order valence-corrected chi connectivity index (χ0v) is 7.93. The Morgan fingerprint density at radius 2 is 2.33 bits per heavy atom. The van der Waals surface area contributed by atoms with Crippen molar-refractivity contribution in [2.45, 2.75) is 12.8 Å². The van der Waals surface area contributed by atoms with Gasteiger partial charge in [-0.25, -0.2) is 9.97 Å². The first kappa shape index (κ1) is 9.51. The largest absolute Gasteiger partial charge is 0.310 e. The number of nitrogens with zero attached hydrogens (tertiary/aromatic N) is 2. The molecule has 0 spiro atoms. The molecule has 0 bridgehead atoms. The van der Waals surface area contributed by atoms with E-state index in [0.717, 1.165) is 6.29 Å². The third-order valence-corrected chi connectivity index (χ3v) is 2.03. The fraction of sp³-hybridized carbons (Fsp3) is 0.200. The van der Waals surface area contributed by atoms with E-state index in [9.17, 15) is 9.59 Å². The SMILES string of the molecule is O=CCCc1nc2ncccc2c(=O)[nH]1. The first-order valence-electron chi connectivity index (χ1n) is 4.59. The third-order valence-electron chi connectivity index (χ3n) is 2.03. The Morgan fingerprint density at radius 3 is 3.13 bits per heavy atom. The van der Waals surface area contributed by atoms with E-state index in [-0.39, 0.29) is 5.56 Å². The summed E-state index contributed by atoms with van der Waals surface area (Å²) in [6.45, 7) is 0. The average molecular weight is 203 g/mol. The Balaban J connectivity index is 2.52. The molecule has 0 saturated heterocycles. The summed E-state index contributed by atoms with van der Waals surface area (Å²) in [6, 6.07) is 3.35. The van der Waals surface area contributed by atoms with Gasteiger partial charge in [0.25, 0.3) is 5.56 Å². The van der Waals surface area contributed by atoms with Gasteiger partial charge >= 0.3 is 0 Å². The van der Waals surface area contributed by atoms with E-state index in [1.54, 1.807) is 18.3 Å². The maximum Gasteiger partial charge on any atom is 0.260 e. The van der Waals surface area contributed by atoms with Crippen LogP contribution in [0.1, 0.15) is 12.2 Å². The summed E-state index contributed by atoms with van der Waals surface area (Å²) in [7, 11) is 0. The monoisotopic (exact) mass is 203 g/mol. The summed E-state index contributed by atoms with van der Waals surface area (Å²) in [4.78, 5) is 32.5. The number of aromatic nitrogens is 3. The number of pyridine rings is 1. The topological polar surface area (TPSA) is 75.7 Å². The minimum Gasteiger partial charge on any atom is -0.310 e. The smallest absolute Gasteiger partial charge is 0.260 e. The van der Waals surface area contributed by atoms with Crippen LogP contribution in [0, 0.1) is 0 Å². The number of carbonyl (C=O) groups is 1. The zero-order chi connectivity index (χ0) is 10.7. The van der Waals surface area contributed by atoms with E-state index in [1.807, 2.05) is 0 Å². The molecule has 2 aromatic heterocycles. The van der Waals surface area contributed by atoms with E-state index in [2.05, 4.69) is 15.0 Å². The highest BCUT2D eigenvalue weighted by Gasteiger charge is 2.03. The Morgan fingerprint density at radius 1 is 1.47 bits per heavy atom. The second-order valence-electron chi connectivity index (χ2n) is 3.09. The van der Waals surface area contributed by atoms with Crippen LogP contribution >= 0.6 is 0 Å². The minimum absolute atomic E-state index is 0.214. The van der Waals surface area contributed by atoms with Crippen LogP contribution in [0.15, 0.2) is 23.1 Å². The lowest BCUT2D eigenvalue weighted by Crippen LogP contribution is -2.12. The van der Waals surface area contributed by atoms with Gasteiger partial charge in [-0.15, -0.1) is 0 Å². The van der Waals surface area contributed by atoms with Gasteiger partial charge in [0, 0.05) is 19.0 Å². The van der Waals surface area contributed by atoms with Gasteiger partial charge in [0.15, 0.2) is 5.65 Å². The maximum absolute atomic E-state index is 11.5. The second-order valence-corrected chi connectivity index (χ2v) is 3.09. The number of hydrogen-bond donors (Lipinski definition) is 1. The molecule has 2 aromatic rings. The maximum atomic E-state index is 11.5. The van der Waals surface area contributed by atoms with Gasteiger partial charge in [-0.3, -0.25) is 4.79 Å². The normalized spacial score (nSPS) is 10.4. The molecule has 0 atom stereocenters. The minimum atomic E-state index is -0.214. The summed E-state index contributed by atoms with van der Waals surface area (Å²) in [5.41, 5.74) is 0.205. The van der Waals surface area contributed by atoms with Crippen LogP contribution < -0.4 is 5.56 Å². The third kappa shape index (κ3) is 1.90. The van der Waals surface area contributed by atoms with Gasteiger partial charge in [-0.1, -0.05) is 0 Å². The number of aldehydes is 1. The molecule has 2 rings (SSSR count). The van der Waals surface area contributed by atoms with Crippen LogP contribution in [0.2, 0.25) is 0 Å². The number of rotatable bonds is 3. The van der Waals surface area contributed by atoms with Crippen molar-refractivity contribution in [3.63, 3.8) is 0 Å².